The normalized spacial score (nSPS) is 10.1. The summed E-state index contributed by atoms with van der Waals surface area (Å²) in [6.07, 6.45) is 3.12. The molecule has 0 fully saturated rings. The second kappa shape index (κ2) is 4.33. The van der Waals surface area contributed by atoms with Crippen LogP contribution in [0.3, 0.4) is 0 Å². The lowest BCUT2D eigenvalue weighted by atomic mass is 10.0. The van der Waals surface area contributed by atoms with Gasteiger partial charge in [-0.25, -0.2) is 0 Å². The van der Waals surface area contributed by atoms with E-state index in [2.05, 4.69) is 4.98 Å². The summed E-state index contributed by atoms with van der Waals surface area (Å²) in [6.45, 7) is 0. The van der Waals surface area contributed by atoms with Crippen LogP contribution in [0.4, 0.5) is 5.69 Å². The van der Waals surface area contributed by atoms with Gasteiger partial charge in [-0.15, -0.1) is 0 Å². The first-order valence-corrected chi connectivity index (χ1v) is 5.06. The molecule has 0 aliphatic heterocycles. The summed E-state index contributed by atoms with van der Waals surface area (Å²) in [5, 5.41) is 0.514. The molecule has 1 heterocycles. The summed E-state index contributed by atoms with van der Waals surface area (Å²) in [5.41, 5.74) is 7.06. The van der Waals surface area contributed by atoms with E-state index in [1.807, 2.05) is 0 Å². The minimum absolute atomic E-state index is 0.151. The maximum atomic E-state index is 12.0. The van der Waals surface area contributed by atoms with Crippen LogP contribution in [0.5, 0.6) is 0 Å². The number of nitrogens with two attached hydrogens (primary N) is 1. The van der Waals surface area contributed by atoms with Crippen LogP contribution in [-0.4, -0.2) is 10.8 Å². The van der Waals surface area contributed by atoms with Crippen molar-refractivity contribution in [1.29, 1.82) is 0 Å². The van der Waals surface area contributed by atoms with Gasteiger partial charge in [0.05, 0.1) is 0 Å². The monoisotopic (exact) mass is 232 g/mol. The summed E-state index contributed by atoms with van der Waals surface area (Å²) in [5.74, 6) is -0.151. The number of rotatable bonds is 2. The highest BCUT2D eigenvalue weighted by Crippen LogP contribution is 2.20. The molecule has 16 heavy (non-hydrogen) atoms. The van der Waals surface area contributed by atoms with Crippen LogP contribution < -0.4 is 5.73 Å². The van der Waals surface area contributed by atoms with E-state index in [0.29, 0.717) is 21.8 Å². The van der Waals surface area contributed by atoms with Crippen LogP contribution in [0, 0.1) is 0 Å². The Kier molecular flexibility index (Phi) is 2.88. The third kappa shape index (κ3) is 2.04. The second-order valence-corrected chi connectivity index (χ2v) is 3.74. The highest BCUT2D eigenvalue weighted by molar-refractivity contribution is 6.31. The zero-order chi connectivity index (χ0) is 11.5. The number of benzene rings is 1. The lowest BCUT2D eigenvalue weighted by Crippen LogP contribution is -2.05. The van der Waals surface area contributed by atoms with Crippen LogP contribution >= 0.6 is 11.6 Å². The molecule has 0 radical (unpaired) electrons. The van der Waals surface area contributed by atoms with Crippen molar-refractivity contribution >= 4 is 23.1 Å². The Morgan fingerprint density at radius 3 is 2.75 bits per heavy atom. The number of nitrogen functional groups attached to an aromatic ring is 1. The molecule has 0 aliphatic rings. The zero-order valence-electron chi connectivity index (χ0n) is 8.35. The number of halogens is 1. The van der Waals surface area contributed by atoms with Crippen molar-refractivity contribution in [3.05, 3.63) is 58.9 Å². The van der Waals surface area contributed by atoms with Crippen LogP contribution in [0.15, 0.2) is 42.7 Å². The van der Waals surface area contributed by atoms with E-state index in [1.54, 1.807) is 36.5 Å². The fourth-order valence-electron chi connectivity index (χ4n) is 1.39. The Morgan fingerprint density at radius 2 is 2.12 bits per heavy atom. The molecule has 0 saturated carbocycles. The fraction of sp³-hybridized carbons (Fsp3) is 0. The van der Waals surface area contributed by atoms with Gasteiger partial charge in [-0.3, -0.25) is 9.78 Å². The number of carbonyl (C=O) groups is 1. The molecule has 2 rings (SSSR count). The van der Waals surface area contributed by atoms with Crippen molar-refractivity contribution in [2.45, 2.75) is 0 Å². The molecule has 1 aromatic carbocycles. The zero-order valence-corrected chi connectivity index (χ0v) is 9.11. The maximum Gasteiger partial charge on any atom is 0.196 e. The molecule has 0 saturated heterocycles. The Morgan fingerprint density at radius 1 is 1.31 bits per heavy atom. The number of pyridine rings is 1. The molecule has 0 bridgehead atoms. The van der Waals surface area contributed by atoms with Gasteiger partial charge in [0, 0.05) is 34.2 Å². The summed E-state index contributed by atoms with van der Waals surface area (Å²) >= 11 is 5.76. The second-order valence-electron chi connectivity index (χ2n) is 3.30. The number of hydrogen-bond donors (Lipinski definition) is 1. The Labute approximate surface area is 97.9 Å². The van der Waals surface area contributed by atoms with E-state index >= 15 is 0 Å². The number of carbonyl (C=O) groups excluding carboxylic acids is 1. The summed E-state index contributed by atoms with van der Waals surface area (Å²) in [6, 6.07) is 8.22. The highest BCUT2D eigenvalue weighted by Gasteiger charge is 2.12. The van der Waals surface area contributed by atoms with Gasteiger partial charge in [-0.1, -0.05) is 11.6 Å². The minimum atomic E-state index is -0.151. The van der Waals surface area contributed by atoms with Crippen LogP contribution in [0.2, 0.25) is 5.02 Å². The standard InChI is InChI=1S/C12H9ClN2O/c13-9-3-4-10(11(14)6-9)12(16)8-2-1-5-15-7-8/h1-7H,14H2. The van der Waals surface area contributed by atoms with Gasteiger partial charge < -0.3 is 5.73 Å². The van der Waals surface area contributed by atoms with E-state index in [9.17, 15) is 4.79 Å². The average Bonchev–Trinajstić information content (AvgIpc) is 2.29. The molecule has 0 aliphatic carbocycles. The van der Waals surface area contributed by atoms with Crippen molar-refractivity contribution in [3.8, 4) is 0 Å². The van der Waals surface area contributed by atoms with Gasteiger partial charge in [0.1, 0.15) is 0 Å². The van der Waals surface area contributed by atoms with Gasteiger partial charge in [-0.2, -0.15) is 0 Å². The van der Waals surface area contributed by atoms with Crippen molar-refractivity contribution in [2.24, 2.45) is 0 Å². The van der Waals surface area contributed by atoms with Crippen LogP contribution in [0.1, 0.15) is 15.9 Å². The lowest BCUT2D eigenvalue weighted by molar-refractivity contribution is 0.103. The highest BCUT2D eigenvalue weighted by atomic mass is 35.5. The predicted molar refractivity (Wildman–Crippen MR) is 63.5 cm³/mol. The molecule has 0 unspecified atom stereocenters. The number of nitrogens with zero attached hydrogens (tertiary/aromatic N) is 1. The molecule has 4 heteroatoms. The Balaban J connectivity index is 2.42. The van der Waals surface area contributed by atoms with Gasteiger partial charge >= 0.3 is 0 Å². The van der Waals surface area contributed by atoms with E-state index in [-0.39, 0.29) is 5.78 Å². The van der Waals surface area contributed by atoms with Crippen molar-refractivity contribution < 1.29 is 4.79 Å². The van der Waals surface area contributed by atoms with E-state index in [0.717, 1.165) is 0 Å². The number of hydrogen-bond acceptors (Lipinski definition) is 3. The van der Waals surface area contributed by atoms with Crippen molar-refractivity contribution in [1.82, 2.24) is 4.98 Å². The van der Waals surface area contributed by atoms with E-state index in [4.69, 9.17) is 17.3 Å². The van der Waals surface area contributed by atoms with Gasteiger partial charge in [0.2, 0.25) is 0 Å². The molecule has 0 amide bonds. The van der Waals surface area contributed by atoms with Gasteiger partial charge in [0.15, 0.2) is 5.78 Å². The maximum absolute atomic E-state index is 12.0. The van der Waals surface area contributed by atoms with Crippen molar-refractivity contribution in [2.75, 3.05) is 5.73 Å². The number of anilines is 1. The average molecular weight is 233 g/mol. The smallest absolute Gasteiger partial charge is 0.196 e. The van der Waals surface area contributed by atoms with Gasteiger partial charge in [-0.05, 0) is 30.3 Å². The molecule has 2 aromatic rings. The van der Waals surface area contributed by atoms with Gasteiger partial charge in [0.25, 0.3) is 0 Å². The van der Waals surface area contributed by atoms with E-state index < -0.39 is 0 Å². The van der Waals surface area contributed by atoms with Crippen molar-refractivity contribution in [3.63, 3.8) is 0 Å². The summed E-state index contributed by atoms with van der Waals surface area (Å²) in [4.78, 5) is 15.9. The third-order valence-electron chi connectivity index (χ3n) is 2.18. The quantitative estimate of drug-likeness (QED) is 0.640. The third-order valence-corrected chi connectivity index (χ3v) is 2.42. The Bertz CT molecular complexity index is 526. The molecule has 0 atom stereocenters. The fourth-order valence-corrected chi connectivity index (χ4v) is 1.57. The van der Waals surface area contributed by atoms with Crippen LogP contribution in [-0.2, 0) is 0 Å². The molecule has 1 aromatic heterocycles. The molecule has 2 N–H and O–H groups in total. The molecule has 80 valence electrons. The predicted octanol–water partition coefficient (Wildman–Crippen LogP) is 2.55. The Hall–Kier alpha value is -1.87. The topological polar surface area (TPSA) is 56.0 Å². The first-order chi connectivity index (χ1) is 7.68. The lowest BCUT2D eigenvalue weighted by Gasteiger charge is -2.04. The summed E-state index contributed by atoms with van der Waals surface area (Å²) in [7, 11) is 0. The minimum Gasteiger partial charge on any atom is -0.398 e. The number of aromatic nitrogens is 1. The first kappa shape index (κ1) is 10.6. The first-order valence-electron chi connectivity index (χ1n) is 4.68. The summed E-state index contributed by atoms with van der Waals surface area (Å²) < 4.78 is 0. The number of ketones is 1. The molecular weight excluding hydrogens is 224 g/mol. The largest absolute Gasteiger partial charge is 0.398 e. The molecule has 3 nitrogen and oxygen atoms in total. The molecule has 0 spiro atoms. The van der Waals surface area contributed by atoms with E-state index in [1.165, 1.54) is 6.20 Å². The van der Waals surface area contributed by atoms with Crippen LogP contribution in [0.25, 0.3) is 0 Å². The molecular formula is C12H9ClN2O. The SMILES string of the molecule is Nc1cc(Cl)ccc1C(=O)c1cccnc1.